The molecule has 0 aliphatic heterocycles. The van der Waals surface area contributed by atoms with Crippen LogP contribution in [0.2, 0.25) is 0 Å². The number of benzene rings is 4. The molecule has 0 fully saturated rings. The van der Waals surface area contributed by atoms with Crippen molar-refractivity contribution in [2.75, 3.05) is 6.66 Å². The molecule has 0 radical (unpaired) electrons. The number of fused-ring (bicyclic) bond motifs is 1. The summed E-state index contributed by atoms with van der Waals surface area (Å²) in [4.78, 5) is 3.88. The summed E-state index contributed by atoms with van der Waals surface area (Å²) in [6.07, 6.45) is 1.04. The van der Waals surface area contributed by atoms with Crippen LogP contribution in [0.4, 0.5) is 0 Å². The minimum atomic E-state index is -2.99. The van der Waals surface area contributed by atoms with Gasteiger partial charge in [-0.1, -0.05) is 0 Å². The van der Waals surface area contributed by atoms with Crippen molar-refractivity contribution < 1.29 is 0 Å². The Labute approximate surface area is 207 Å². The third-order valence-electron chi connectivity index (χ3n) is 6.89. The third kappa shape index (κ3) is 3.32. The van der Waals surface area contributed by atoms with Crippen molar-refractivity contribution in [3.63, 3.8) is 0 Å². The van der Waals surface area contributed by atoms with E-state index < -0.39 is 6.60 Å². The van der Waals surface area contributed by atoms with Gasteiger partial charge in [-0.25, -0.2) is 0 Å². The first-order valence-corrected chi connectivity index (χ1v) is 13.6. The van der Waals surface area contributed by atoms with Gasteiger partial charge in [0.15, 0.2) is 0 Å². The molecule has 0 saturated carbocycles. The summed E-state index contributed by atoms with van der Waals surface area (Å²) in [5, 5.41) is 5.39. The summed E-state index contributed by atoms with van der Waals surface area (Å²) >= 11 is 0. The molecule has 0 atom stereocenters. The number of halogens is 1. The number of hydrogen-bond donors (Lipinski definition) is 1. The van der Waals surface area contributed by atoms with Gasteiger partial charge in [-0.05, 0) is 0 Å². The molecule has 0 saturated heterocycles. The van der Waals surface area contributed by atoms with Crippen LogP contribution in [0.5, 0.6) is 0 Å². The maximum Gasteiger partial charge on any atom is -0.107 e. The summed E-state index contributed by atoms with van der Waals surface area (Å²) in [6, 6.07) is 42.4. The number of aromatic nitrogens is 1. The molecule has 0 bridgehead atoms. The molecule has 1 nitrogen and oxygen atoms in total. The first-order valence-electron chi connectivity index (χ1n) is 10.9. The molecular weight excluding hydrogens is 520 g/mol. The SMILES string of the molecule is CCc1ccc2[nH]c(P(C)(c3ccccc3)(c3ccccc3)c3ccccc3)cc2c1.I. The molecule has 0 unspecified atom stereocenters. The van der Waals surface area contributed by atoms with Crippen LogP contribution in [0.15, 0.2) is 115 Å². The van der Waals surface area contributed by atoms with E-state index in [9.17, 15) is 0 Å². The number of rotatable bonds is 5. The average molecular weight is 549 g/mol. The minimum absolute atomic E-state index is 0. The second kappa shape index (κ2) is 8.84. The van der Waals surface area contributed by atoms with Crippen LogP contribution in [0.1, 0.15) is 12.5 Å². The summed E-state index contributed by atoms with van der Waals surface area (Å²) in [5.41, 5.74) is 3.87. The first kappa shape index (κ1) is 22.8. The van der Waals surface area contributed by atoms with Crippen LogP contribution >= 0.6 is 30.6 Å². The summed E-state index contributed by atoms with van der Waals surface area (Å²) in [6.45, 7) is 1.72. The van der Waals surface area contributed by atoms with Crippen LogP contribution in [-0.2, 0) is 6.42 Å². The van der Waals surface area contributed by atoms with Crippen LogP contribution in [0.25, 0.3) is 10.9 Å². The molecule has 0 aliphatic rings. The van der Waals surface area contributed by atoms with E-state index >= 15 is 0 Å². The van der Waals surface area contributed by atoms with Crippen molar-refractivity contribution >= 4 is 62.8 Å². The van der Waals surface area contributed by atoms with Gasteiger partial charge < -0.3 is 0 Å². The molecule has 3 heteroatoms. The maximum absolute atomic E-state index is 3.88. The minimum Gasteiger partial charge on any atom is -0.107 e. The number of hydrogen-bond acceptors (Lipinski definition) is 0. The van der Waals surface area contributed by atoms with Crippen LogP contribution in [-0.4, -0.2) is 11.6 Å². The summed E-state index contributed by atoms with van der Waals surface area (Å²) < 4.78 is 0. The van der Waals surface area contributed by atoms with Gasteiger partial charge in [0.25, 0.3) is 0 Å². The molecular formula is C29H29INP. The third-order valence-corrected chi connectivity index (χ3v) is 13.1. The van der Waals surface area contributed by atoms with Crippen molar-refractivity contribution in [1.29, 1.82) is 0 Å². The Balaban J connectivity index is 0.00000245. The van der Waals surface area contributed by atoms with Gasteiger partial charge in [-0.3, -0.25) is 0 Å². The number of nitrogens with one attached hydrogen (secondary N) is 1. The van der Waals surface area contributed by atoms with E-state index in [1.807, 2.05) is 0 Å². The van der Waals surface area contributed by atoms with Crippen molar-refractivity contribution in [3.8, 4) is 0 Å². The molecule has 1 aromatic heterocycles. The van der Waals surface area contributed by atoms with Crippen LogP contribution in [0, 0.1) is 0 Å². The van der Waals surface area contributed by atoms with E-state index in [2.05, 4.69) is 134 Å². The predicted octanol–water partition coefficient (Wildman–Crippen LogP) is 6.13. The van der Waals surface area contributed by atoms with E-state index in [1.54, 1.807) is 0 Å². The zero-order valence-corrected chi connectivity index (χ0v) is 21.8. The predicted molar refractivity (Wildman–Crippen MR) is 154 cm³/mol. The molecule has 162 valence electrons. The Hall–Kier alpha value is -2.42. The fourth-order valence-electron chi connectivity index (χ4n) is 4.95. The van der Waals surface area contributed by atoms with E-state index in [4.69, 9.17) is 0 Å². The van der Waals surface area contributed by atoms with E-state index in [0.29, 0.717) is 0 Å². The fourth-order valence-corrected chi connectivity index (χ4v) is 10.3. The maximum atomic E-state index is 3.88. The first-order chi connectivity index (χ1) is 15.1. The van der Waals surface area contributed by atoms with Gasteiger partial charge in [0.1, 0.15) is 0 Å². The zero-order valence-electron chi connectivity index (χ0n) is 18.5. The van der Waals surface area contributed by atoms with Gasteiger partial charge >= 0.3 is 185 Å². The Kier molecular flexibility index (Phi) is 6.29. The van der Waals surface area contributed by atoms with Gasteiger partial charge in [-0.15, -0.1) is 24.0 Å². The largest absolute Gasteiger partial charge is 0.107 e. The Bertz CT molecular complexity index is 1230. The van der Waals surface area contributed by atoms with Crippen molar-refractivity contribution in [3.05, 3.63) is 121 Å². The molecule has 5 aromatic rings. The number of aromatic amines is 1. The Morgan fingerprint density at radius 2 is 1.09 bits per heavy atom. The van der Waals surface area contributed by atoms with E-state index in [-0.39, 0.29) is 24.0 Å². The topological polar surface area (TPSA) is 15.8 Å². The number of H-pyrrole nitrogens is 1. The molecule has 0 spiro atoms. The van der Waals surface area contributed by atoms with Crippen LogP contribution < -0.4 is 21.3 Å². The van der Waals surface area contributed by atoms with Crippen molar-refractivity contribution in [1.82, 2.24) is 4.98 Å². The normalized spacial score (nSPS) is 12.6. The summed E-state index contributed by atoms with van der Waals surface area (Å²) in [7, 11) is 0. The van der Waals surface area contributed by atoms with Crippen molar-refractivity contribution in [2.24, 2.45) is 0 Å². The standard InChI is InChI=1S/C29H28NP.HI/c1-3-23-19-20-28-24(21-23)22-29(30-28)31(2,25-13-7-4-8-14-25,26-15-9-5-10-16-26)27-17-11-6-12-18-27;/h4-22,30H,3H2,1-2H3;1H. The molecule has 4 aromatic carbocycles. The molecule has 0 amide bonds. The molecule has 0 aliphatic carbocycles. The quantitative estimate of drug-likeness (QED) is 0.201. The second-order valence-electron chi connectivity index (χ2n) is 8.50. The van der Waals surface area contributed by atoms with Gasteiger partial charge in [0.05, 0.1) is 0 Å². The number of aryl methyl sites for hydroxylation is 1. The van der Waals surface area contributed by atoms with E-state index in [0.717, 1.165) is 6.42 Å². The van der Waals surface area contributed by atoms with Crippen LogP contribution in [0.3, 0.4) is 0 Å². The smallest absolute Gasteiger partial charge is 0.107 e. The van der Waals surface area contributed by atoms with Gasteiger partial charge in [0, 0.05) is 0 Å². The Morgan fingerprint density at radius 3 is 1.53 bits per heavy atom. The molecule has 32 heavy (non-hydrogen) atoms. The molecule has 1 N–H and O–H groups in total. The Morgan fingerprint density at radius 1 is 0.625 bits per heavy atom. The fraction of sp³-hybridized carbons (Fsp3) is 0.103. The monoisotopic (exact) mass is 549 g/mol. The van der Waals surface area contributed by atoms with Crippen molar-refractivity contribution in [2.45, 2.75) is 13.3 Å². The van der Waals surface area contributed by atoms with Gasteiger partial charge in [0.2, 0.25) is 0 Å². The van der Waals surface area contributed by atoms with E-state index in [1.165, 1.54) is 37.8 Å². The zero-order chi connectivity index (χ0) is 21.3. The average Bonchev–Trinajstić information content (AvgIpc) is 3.29. The summed E-state index contributed by atoms with van der Waals surface area (Å²) in [5.74, 6) is 0. The molecule has 1 heterocycles. The molecule has 5 rings (SSSR count). The second-order valence-corrected chi connectivity index (χ2v) is 13.7. The van der Waals surface area contributed by atoms with Gasteiger partial charge in [-0.2, -0.15) is 0 Å².